The van der Waals surface area contributed by atoms with Crippen molar-refractivity contribution in [2.75, 3.05) is 5.73 Å². The molecule has 0 fully saturated rings. The van der Waals surface area contributed by atoms with E-state index in [1.165, 1.54) is 6.26 Å². The molecule has 1 aromatic rings. The summed E-state index contributed by atoms with van der Waals surface area (Å²) < 4.78 is 4.98. The molecular formula is C9H11NO. The predicted molar refractivity (Wildman–Crippen MR) is 45.8 cm³/mol. The van der Waals surface area contributed by atoms with Crippen molar-refractivity contribution in [3.05, 3.63) is 42.7 Å². The molecule has 2 nitrogen and oxygen atoms in total. The highest BCUT2D eigenvalue weighted by atomic mass is 16.5. The van der Waals surface area contributed by atoms with Gasteiger partial charge in [0.15, 0.2) is 0 Å². The van der Waals surface area contributed by atoms with Crippen LogP contribution in [-0.2, 0) is 11.3 Å². The number of ether oxygens (including phenoxy) is 1. The highest BCUT2D eigenvalue weighted by molar-refractivity contribution is 5.40. The maximum atomic E-state index is 5.55. The molecule has 0 atom stereocenters. The van der Waals surface area contributed by atoms with E-state index >= 15 is 0 Å². The van der Waals surface area contributed by atoms with Crippen LogP contribution in [-0.4, -0.2) is 0 Å². The zero-order valence-electron chi connectivity index (χ0n) is 6.29. The highest BCUT2D eigenvalue weighted by Gasteiger charge is 1.90. The molecule has 1 aromatic carbocycles. The molecule has 0 bridgehead atoms. The summed E-state index contributed by atoms with van der Waals surface area (Å²) >= 11 is 0. The van der Waals surface area contributed by atoms with Gasteiger partial charge in [-0.15, -0.1) is 0 Å². The summed E-state index contributed by atoms with van der Waals surface area (Å²) in [5.41, 5.74) is 7.37. The van der Waals surface area contributed by atoms with Gasteiger partial charge in [0.1, 0.15) is 6.61 Å². The minimum absolute atomic E-state index is 0.536. The molecule has 1 rings (SSSR count). The number of benzene rings is 1. The Hall–Kier alpha value is -1.44. The molecule has 2 N–H and O–H groups in total. The standard InChI is InChI=1S/C9H11NO/c1-2-11-7-8-4-3-5-9(10)6-8/h2-6H,1,7,10H2. The lowest BCUT2D eigenvalue weighted by molar-refractivity contribution is 0.238. The van der Waals surface area contributed by atoms with Crippen LogP contribution in [0.2, 0.25) is 0 Å². The molecular weight excluding hydrogens is 138 g/mol. The van der Waals surface area contributed by atoms with Crippen molar-refractivity contribution in [2.45, 2.75) is 6.61 Å². The van der Waals surface area contributed by atoms with Crippen molar-refractivity contribution >= 4 is 5.69 Å². The molecule has 58 valence electrons. The van der Waals surface area contributed by atoms with Crippen LogP contribution >= 0.6 is 0 Å². The van der Waals surface area contributed by atoms with E-state index in [-0.39, 0.29) is 0 Å². The van der Waals surface area contributed by atoms with Crippen molar-refractivity contribution < 1.29 is 4.74 Å². The molecule has 0 saturated heterocycles. The summed E-state index contributed by atoms with van der Waals surface area (Å²) in [5.74, 6) is 0. The molecule has 11 heavy (non-hydrogen) atoms. The molecule has 0 radical (unpaired) electrons. The van der Waals surface area contributed by atoms with E-state index in [0.717, 1.165) is 11.3 Å². The Kier molecular flexibility index (Phi) is 2.55. The SMILES string of the molecule is C=COCc1cccc(N)c1. The fourth-order valence-electron chi connectivity index (χ4n) is 0.838. The smallest absolute Gasteiger partial charge is 0.112 e. The normalized spacial score (nSPS) is 9.09. The summed E-state index contributed by atoms with van der Waals surface area (Å²) in [7, 11) is 0. The fraction of sp³-hybridized carbons (Fsp3) is 0.111. The Balaban J connectivity index is 2.63. The molecule has 0 heterocycles. The summed E-state index contributed by atoms with van der Waals surface area (Å²) in [4.78, 5) is 0. The second-order valence-electron chi connectivity index (χ2n) is 2.22. The first-order valence-corrected chi connectivity index (χ1v) is 3.40. The van der Waals surface area contributed by atoms with E-state index in [1.54, 1.807) is 0 Å². The summed E-state index contributed by atoms with van der Waals surface area (Å²) in [5, 5.41) is 0. The number of rotatable bonds is 3. The van der Waals surface area contributed by atoms with E-state index in [4.69, 9.17) is 10.5 Å². The maximum absolute atomic E-state index is 5.55. The lowest BCUT2D eigenvalue weighted by atomic mass is 10.2. The van der Waals surface area contributed by atoms with Crippen LogP contribution in [0.3, 0.4) is 0 Å². The number of anilines is 1. The van der Waals surface area contributed by atoms with Crippen LogP contribution in [0.5, 0.6) is 0 Å². The molecule has 2 heteroatoms. The minimum Gasteiger partial charge on any atom is -0.497 e. The molecule has 0 unspecified atom stereocenters. The number of hydrogen-bond acceptors (Lipinski definition) is 2. The second-order valence-corrected chi connectivity index (χ2v) is 2.22. The Morgan fingerprint density at radius 1 is 1.55 bits per heavy atom. The van der Waals surface area contributed by atoms with Crippen LogP contribution in [0.25, 0.3) is 0 Å². The van der Waals surface area contributed by atoms with Gasteiger partial charge in [0.25, 0.3) is 0 Å². The third-order valence-corrected chi connectivity index (χ3v) is 1.32. The Bertz CT molecular complexity index is 245. The van der Waals surface area contributed by atoms with Crippen molar-refractivity contribution in [3.8, 4) is 0 Å². The van der Waals surface area contributed by atoms with Gasteiger partial charge >= 0.3 is 0 Å². The van der Waals surface area contributed by atoms with E-state index in [0.29, 0.717) is 6.61 Å². The average Bonchev–Trinajstić information content (AvgIpc) is 2.01. The molecule has 0 saturated carbocycles. The Morgan fingerprint density at radius 2 is 2.36 bits per heavy atom. The van der Waals surface area contributed by atoms with Gasteiger partial charge < -0.3 is 10.5 Å². The van der Waals surface area contributed by atoms with Crippen LogP contribution in [0.4, 0.5) is 5.69 Å². The summed E-state index contributed by atoms with van der Waals surface area (Å²) in [6.07, 6.45) is 1.42. The van der Waals surface area contributed by atoms with Crippen molar-refractivity contribution in [2.24, 2.45) is 0 Å². The lowest BCUT2D eigenvalue weighted by Gasteiger charge is -2.00. The quantitative estimate of drug-likeness (QED) is 0.526. The fourth-order valence-corrected chi connectivity index (χ4v) is 0.838. The van der Waals surface area contributed by atoms with Crippen LogP contribution < -0.4 is 5.73 Å². The van der Waals surface area contributed by atoms with E-state index in [2.05, 4.69) is 6.58 Å². The molecule has 0 aliphatic carbocycles. The summed E-state index contributed by atoms with van der Waals surface area (Å²) in [6, 6.07) is 7.58. The van der Waals surface area contributed by atoms with Gasteiger partial charge in [0, 0.05) is 5.69 Å². The van der Waals surface area contributed by atoms with Crippen molar-refractivity contribution in [1.82, 2.24) is 0 Å². The van der Waals surface area contributed by atoms with Gasteiger partial charge in [-0.05, 0) is 17.7 Å². The minimum atomic E-state index is 0.536. The van der Waals surface area contributed by atoms with E-state index < -0.39 is 0 Å². The Morgan fingerprint density at radius 3 is 3.00 bits per heavy atom. The van der Waals surface area contributed by atoms with Gasteiger partial charge in [0.2, 0.25) is 0 Å². The van der Waals surface area contributed by atoms with Gasteiger partial charge in [-0.1, -0.05) is 18.7 Å². The molecule has 0 aliphatic heterocycles. The first-order chi connectivity index (χ1) is 5.33. The van der Waals surface area contributed by atoms with Crippen LogP contribution in [0.15, 0.2) is 37.1 Å². The second kappa shape index (κ2) is 3.66. The van der Waals surface area contributed by atoms with Crippen molar-refractivity contribution in [3.63, 3.8) is 0 Å². The van der Waals surface area contributed by atoms with Crippen LogP contribution in [0.1, 0.15) is 5.56 Å². The molecule has 0 aliphatic rings. The van der Waals surface area contributed by atoms with Crippen LogP contribution in [0, 0.1) is 0 Å². The zero-order valence-corrected chi connectivity index (χ0v) is 6.29. The molecule has 0 aromatic heterocycles. The highest BCUT2D eigenvalue weighted by Crippen LogP contribution is 2.07. The number of nitrogens with two attached hydrogens (primary N) is 1. The molecule has 0 spiro atoms. The van der Waals surface area contributed by atoms with Gasteiger partial charge in [-0.2, -0.15) is 0 Å². The van der Waals surface area contributed by atoms with Gasteiger partial charge in [0.05, 0.1) is 6.26 Å². The van der Waals surface area contributed by atoms with E-state index in [9.17, 15) is 0 Å². The van der Waals surface area contributed by atoms with Crippen molar-refractivity contribution in [1.29, 1.82) is 0 Å². The zero-order chi connectivity index (χ0) is 8.10. The largest absolute Gasteiger partial charge is 0.497 e. The van der Waals surface area contributed by atoms with Gasteiger partial charge in [-0.25, -0.2) is 0 Å². The molecule has 0 amide bonds. The first kappa shape index (κ1) is 7.66. The predicted octanol–water partition coefficient (Wildman–Crippen LogP) is 1.93. The Labute approximate surface area is 66.3 Å². The third-order valence-electron chi connectivity index (χ3n) is 1.32. The monoisotopic (exact) mass is 149 g/mol. The summed E-state index contributed by atoms with van der Waals surface area (Å²) in [6.45, 7) is 3.98. The third kappa shape index (κ3) is 2.34. The van der Waals surface area contributed by atoms with Gasteiger partial charge in [-0.3, -0.25) is 0 Å². The maximum Gasteiger partial charge on any atom is 0.112 e. The number of hydrogen-bond donors (Lipinski definition) is 1. The first-order valence-electron chi connectivity index (χ1n) is 3.40. The average molecular weight is 149 g/mol. The number of nitrogen functional groups attached to an aromatic ring is 1. The van der Waals surface area contributed by atoms with E-state index in [1.807, 2.05) is 24.3 Å². The topological polar surface area (TPSA) is 35.2 Å². The lowest BCUT2D eigenvalue weighted by Crippen LogP contribution is -1.89.